The Morgan fingerprint density at radius 3 is 2.30 bits per heavy atom. The van der Waals surface area contributed by atoms with Gasteiger partial charge in [0.15, 0.2) is 0 Å². The largest absolute Gasteiger partial charge is 0.350 e. The number of hydrogen-bond donors (Lipinski definition) is 1. The third-order valence-corrected chi connectivity index (χ3v) is 6.12. The first kappa shape index (κ1) is 26.4. The molecule has 1 unspecified atom stereocenters. The van der Waals surface area contributed by atoms with E-state index in [4.69, 9.17) is 0 Å². The molecule has 1 atom stereocenters. The molecule has 2 aromatic rings. The van der Waals surface area contributed by atoms with Crippen LogP contribution in [0.15, 0.2) is 48.5 Å². The molecule has 1 N–H and O–H groups in total. The summed E-state index contributed by atoms with van der Waals surface area (Å²) in [5.74, 6) is 0.489. The van der Waals surface area contributed by atoms with Gasteiger partial charge < -0.3 is 10.2 Å². The van der Waals surface area contributed by atoms with Gasteiger partial charge in [-0.25, -0.2) is 0 Å². The number of carbonyl (C=O) groups is 2. The number of nitro groups is 1. The van der Waals surface area contributed by atoms with Crippen LogP contribution in [-0.2, 0) is 21.9 Å². The lowest BCUT2D eigenvalue weighted by Gasteiger charge is -2.33. The molecule has 0 aromatic heterocycles. The maximum absolute atomic E-state index is 13.3. The molecule has 2 amide bonds. The van der Waals surface area contributed by atoms with Crippen molar-refractivity contribution in [2.75, 3.05) is 5.75 Å². The summed E-state index contributed by atoms with van der Waals surface area (Å²) in [6.07, 6.45) is 0.507. The van der Waals surface area contributed by atoms with Crippen molar-refractivity contribution in [1.29, 1.82) is 0 Å². The predicted octanol–water partition coefficient (Wildman–Crippen LogP) is 4.86. The number of thioether (sulfide) groups is 1. The van der Waals surface area contributed by atoms with Gasteiger partial charge in [0.05, 0.1) is 10.7 Å². The Bertz CT molecular complexity index is 970. The van der Waals surface area contributed by atoms with Crippen LogP contribution in [0, 0.1) is 17.0 Å². The van der Waals surface area contributed by atoms with Crippen molar-refractivity contribution in [1.82, 2.24) is 10.2 Å². The van der Waals surface area contributed by atoms with E-state index in [0.29, 0.717) is 18.7 Å². The van der Waals surface area contributed by atoms with Crippen LogP contribution in [0.5, 0.6) is 0 Å². The van der Waals surface area contributed by atoms with Crippen molar-refractivity contribution in [3.8, 4) is 0 Å². The quantitative estimate of drug-likeness (QED) is 0.395. The molecular formula is C25H33N3O4S. The molecule has 0 aliphatic carbocycles. The molecule has 7 nitrogen and oxygen atoms in total. The normalized spacial score (nSPS) is 12.2. The van der Waals surface area contributed by atoms with E-state index in [-0.39, 0.29) is 23.3 Å². The summed E-state index contributed by atoms with van der Waals surface area (Å²) < 4.78 is 0. The molecule has 0 fully saturated rings. The number of nitrogens with zero attached hydrogens (tertiary/aromatic N) is 2. The van der Waals surface area contributed by atoms with Crippen LogP contribution in [0.1, 0.15) is 50.8 Å². The van der Waals surface area contributed by atoms with Gasteiger partial charge in [0.1, 0.15) is 6.04 Å². The lowest BCUT2D eigenvalue weighted by Crippen LogP contribution is -2.53. The fourth-order valence-corrected chi connectivity index (χ4v) is 4.27. The highest BCUT2D eigenvalue weighted by Gasteiger charge is 2.30. The lowest BCUT2D eigenvalue weighted by molar-refractivity contribution is -0.384. The Morgan fingerprint density at radius 2 is 1.76 bits per heavy atom. The molecule has 2 rings (SSSR count). The van der Waals surface area contributed by atoms with Crippen LogP contribution >= 0.6 is 11.8 Å². The first-order chi connectivity index (χ1) is 15.5. The van der Waals surface area contributed by atoms with E-state index in [1.807, 2.05) is 58.9 Å². The smallest absolute Gasteiger partial charge is 0.269 e. The maximum Gasteiger partial charge on any atom is 0.269 e. The average molecular weight is 472 g/mol. The minimum atomic E-state index is -0.573. The molecule has 0 radical (unpaired) electrons. The number of non-ortho nitro benzene ring substituents is 1. The number of benzene rings is 2. The zero-order valence-corrected chi connectivity index (χ0v) is 20.8. The van der Waals surface area contributed by atoms with E-state index in [0.717, 1.165) is 16.7 Å². The average Bonchev–Trinajstić information content (AvgIpc) is 2.74. The SMILES string of the molecule is CCC(C(=O)NC(C)(C)C)N(Cc1ccccc1C)C(=O)CSCc1ccc([N+](=O)[O-])cc1. The van der Waals surface area contributed by atoms with Crippen LogP contribution in [0.2, 0.25) is 0 Å². The maximum atomic E-state index is 13.3. The topological polar surface area (TPSA) is 92.6 Å². The number of amides is 2. The Morgan fingerprint density at radius 1 is 1.12 bits per heavy atom. The number of nitrogens with one attached hydrogen (secondary N) is 1. The first-order valence-electron chi connectivity index (χ1n) is 11.0. The standard InChI is InChI=1S/C25H33N3O4S/c1-6-22(24(30)26-25(3,4)5)27(15-20-10-8-7-9-18(20)2)23(29)17-33-16-19-11-13-21(14-12-19)28(31)32/h7-14,22H,6,15-17H2,1-5H3,(H,26,30). The monoisotopic (exact) mass is 471 g/mol. The van der Waals surface area contributed by atoms with Crippen molar-refractivity contribution >= 4 is 29.3 Å². The number of aryl methyl sites for hydroxylation is 1. The second-order valence-electron chi connectivity index (χ2n) is 9.03. The van der Waals surface area contributed by atoms with Crippen molar-refractivity contribution in [2.24, 2.45) is 0 Å². The molecular weight excluding hydrogens is 438 g/mol. The second-order valence-corrected chi connectivity index (χ2v) is 10.0. The molecule has 0 saturated carbocycles. The van der Waals surface area contributed by atoms with E-state index in [1.165, 1.54) is 23.9 Å². The molecule has 8 heteroatoms. The van der Waals surface area contributed by atoms with Crippen LogP contribution in [0.25, 0.3) is 0 Å². The third-order valence-electron chi connectivity index (χ3n) is 5.13. The summed E-state index contributed by atoms with van der Waals surface area (Å²) in [4.78, 5) is 38.4. The highest BCUT2D eigenvalue weighted by Crippen LogP contribution is 2.20. The highest BCUT2D eigenvalue weighted by atomic mass is 32.2. The van der Waals surface area contributed by atoms with Crippen LogP contribution < -0.4 is 5.32 Å². The molecule has 0 aliphatic heterocycles. The molecule has 0 aliphatic rings. The molecule has 0 bridgehead atoms. The molecule has 0 heterocycles. The van der Waals surface area contributed by atoms with Crippen LogP contribution in [-0.4, -0.2) is 39.0 Å². The van der Waals surface area contributed by atoms with Gasteiger partial charge in [-0.05, 0) is 50.8 Å². The van der Waals surface area contributed by atoms with Gasteiger partial charge in [0.2, 0.25) is 11.8 Å². The van der Waals surface area contributed by atoms with Gasteiger partial charge in [-0.15, -0.1) is 11.8 Å². The predicted molar refractivity (Wildman–Crippen MR) is 133 cm³/mol. The number of nitro benzene ring substituents is 1. The fourth-order valence-electron chi connectivity index (χ4n) is 3.40. The van der Waals surface area contributed by atoms with Gasteiger partial charge >= 0.3 is 0 Å². The van der Waals surface area contributed by atoms with Crippen molar-refractivity contribution in [3.63, 3.8) is 0 Å². The zero-order chi connectivity index (χ0) is 24.6. The van der Waals surface area contributed by atoms with E-state index >= 15 is 0 Å². The van der Waals surface area contributed by atoms with Gasteiger partial charge in [0.25, 0.3) is 5.69 Å². The van der Waals surface area contributed by atoms with Gasteiger partial charge in [-0.2, -0.15) is 0 Å². The summed E-state index contributed by atoms with van der Waals surface area (Å²) in [6.45, 7) is 10.0. The van der Waals surface area contributed by atoms with Crippen LogP contribution in [0.4, 0.5) is 5.69 Å². The summed E-state index contributed by atoms with van der Waals surface area (Å²) in [7, 11) is 0. The zero-order valence-electron chi connectivity index (χ0n) is 20.0. The summed E-state index contributed by atoms with van der Waals surface area (Å²) >= 11 is 1.43. The number of hydrogen-bond acceptors (Lipinski definition) is 5. The van der Waals surface area contributed by atoms with Gasteiger partial charge in [-0.1, -0.05) is 43.3 Å². The first-order valence-corrected chi connectivity index (χ1v) is 12.1. The Kier molecular flexibility index (Phi) is 9.46. The molecule has 33 heavy (non-hydrogen) atoms. The minimum absolute atomic E-state index is 0.0416. The summed E-state index contributed by atoms with van der Waals surface area (Å²) in [5.41, 5.74) is 2.63. The molecule has 2 aromatic carbocycles. The van der Waals surface area contributed by atoms with Crippen molar-refractivity contribution < 1.29 is 14.5 Å². The Labute approximate surface area is 200 Å². The van der Waals surface area contributed by atoms with Crippen LogP contribution in [0.3, 0.4) is 0 Å². The highest BCUT2D eigenvalue weighted by molar-refractivity contribution is 7.99. The van der Waals surface area contributed by atoms with E-state index in [2.05, 4.69) is 5.32 Å². The van der Waals surface area contributed by atoms with E-state index in [1.54, 1.807) is 17.0 Å². The molecule has 178 valence electrons. The fraction of sp³-hybridized carbons (Fsp3) is 0.440. The lowest BCUT2D eigenvalue weighted by atomic mass is 10.0. The minimum Gasteiger partial charge on any atom is -0.350 e. The summed E-state index contributed by atoms with van der Waals surface area (Å²) in [5, 5.41) is 13.8. The third kappa shape index (κ3) is 8.20. The number of rotatable bonds is 10. The molecule has 0 saturated heterocycles. The Balaban J connectivity index is 2.15. The van der Waals surface area contributed by atoms with E-state index < -0.39 is 16.5 Å². The van der Waals surface area contributed by atoms with E-state index in [9.17, 15) is 19.7 Å². The Hall–Kier alpha value is -2.87. The van der Waals surface area contributed by atoms with Crippen molar-refractivity contribution in [3.05, 3.63) is 75.3 Å². The summed E-state index contributed by atoms with van der Waals surface area (Å²) in [6, 6.07) is 13.6. The van der Waals surface area contributed by atoms with Gasteiger partial charge in [-0.3, -0.25) is 19.7 Å². The molecule has 0 spiro atoms. The van der Waals surface area contributed by atoms with Gasteiger partial charge in [0, 0.05) is 30.0 Å². The van der Waals surface area contributed by atoms with Crippen molar-refractivity contribution in [2.45, 2.75) is 64.9 Å². The second kappa shape index (κ2) is 11.8. The number of carbonyl (C=O) groups excluding carboxylic acids is 2.